The molecular weight excluding hydrogens is 282 g/mol. The van der Waals surface area contributed by atoms with Crippen molar-refractivity contribution < 1.29 is 14.3 Å². The van der Waals surface area contributed by atoms with Gasteiger partial charge in [0.2, 0.25) is 5.91 Å². The number of carbonyl (C=O) groups excluding carboxylic acids is 2. The van der Waals surface area contributed by atoms with Crippen molar-refractivity contribution in [2.45, 2.75) is 12.8 Å². The Morgan fingerprint density at radius 2 is 2.00 bits per heavy atom. The molecular formula is C16H15N3O3. The van der Waals surface area contributed by atoms with E-state index in [1.807, 2.05) is 0 Å². The van der Waals surface area contributed by atoms with Gasteiger partial charge in [-0.25, -0.2) is 0 Å². The molecule has 1 aliphatic heterocycles. The van der Waals surface area contributed by atoms with Crippen molar-refractivity contribution in [3.63, 3.8) is 0 Å². The molecule has 0 spiro atoms. The number of aromatic nitrogens is 1. The summed E-state index contributed by atoms with van der Waals surface area (Å²) in [5.41, 5.74) is 1.73. The van der Waals surface area contributed by atoms with Gasteiger partial charge in [-0.05, 0) is 36.8 Å². The predicted octanol–water partition coefficient (Wildman–Crippen LogP) is 1.70. The lowest BCUT2D eigenvalue weighted by atomic mass is 10.2. The third-order valence-electron chi connectivity index (χ3n) is 3.55. The molecule has 1 saturated heterocycles. The van der Waals surface area contributed by atoms with Gasteiger partial charge in [0.1, 0.15) is 5.56 Å². The molecule has 6 heteroatoms. The van der Waals surface area contributed by atoms with Crippen molar-refractivity contribution in [1.82, 2.24) is 0 Å². The van der Waals surface area contributed by atoms with Crippen LogP contribution in [0.4, 0.5) is 11.4 Å². The van der Waals surface area contributed by atoms with Crippen molar-refractivity contribution in [1.29, 1.82) is 0 Å². The van der Waals surface area contributed by atoms with Crippen molar-refractivity contribution in [3.8, 4) is 0 Å². The number of amides is 2. The van der Waals surface area contributed by atoms with E-state index in [0.29, 0.717) is 16.8 Å². The molecule has 1 aliphatic rings. The lowest BCUT2D eigenvalue weighted by Gasteiger charge is -2.16. The van der Waals surface area contributed by atoms with Crippen molar-refractivity contribution in [3.05, 3.63) is 59.6 Å². The number of carbonyl (C=O) groups is 2. The molecule has 1 aromatic heterocycles. The maximum Gasteiger partial charge on any atom is 0.261 e. The minimum Gasteiger partial charge on any atom is -0.619 e. The number of nitrogens with zero attached hydrogens (tertiary/aromatic N) is 2. The molecule has 0 unspecified atom stereocenters. The van der Waals surface area contributed by atoms with Gasteiger partial charge in [0.15, 0.2) is 12.4 Å². The number of rotatable bonds is 3. The zero-order valence-electron chi connectivity index (χ0n) is 11.9. The predicted molar refractivity (Wildman–Crippen MR) is 81.4 cm³/mol. The number of benzene rings is 1. The Balaban J connectivity index is 1.71. The zero-order valence-corrected chi connectivity index (χ0v) is 11.9. The largest absolute Gasteiger partial charge is 0.619 e. The van der Waals surface area contributed by atoms with E-state index in [0.717, 1.165) is 18.7 Å². The van der Waals surface area contributed by atoms with Crippen LogP contribution in [0.2, 0.25) is 0 Å². The van der Waals surface area contributed by atoms with Gasteiger partial charge in [-0.1, -0.05) is 0 Å². The first-order chi connectivity index (χ1) is 10.6. The topological polar surface area (TPSA) is 76.4 Å². The van der Waals surface area contributed by atoms with Crippen molar-refractivity contribution in [2.75, 3.05) is 16.8 Å². The lowest BCUT2D eigenvalue weighted by molar-refractivity contribution is -0.605. The normalized spacial score (nSPS) is 14.2. The summed E-state index contributed by atoms with van der Waals surface area (Å²) in [4.78, 5) is 25.4. The van der Waals surface area contributed by atoms with Gasteiger partial charge >= 0.3 is 0 Å². The van der Waals surface area contributed by atoms with E-state index < -0.39 is 0 Å². The fourth-order valence-corrected chi connectivity index (χ4v) is 2.44. The average molecular weight is 297 g/mol. The van der Waals surface area contributed by atoms with Crippen LogP contribution in [0, 0.1) is 5.21 Å². The highest BCUT2D eigenvalue weighted by atomic mass is 16.5. The van der Waals surface area contributed by atoms with Crippen LogP contribution < -0.4 is 14.9 Å². The van der Waals surface area contributed by atoms with E-state index in [1.54, 1.807) is 35.2 Å². The molecule has 2 aromatic rings. The molecule has 22 heavy (non-hydrogen) atoms. The molecule has 2 heterocycles. The second-order valence-corrected chi connectivity index (χ2v) is 5.10. The fraction of sp³-hybridized carbons (Fsp3) is 0.188. The van der Waals surface area contributed by atoms with E-state index >= 15 is 0 Å². The first kappa shape index (κ1) is 14.1. The Labute approximate surface area is 127 Å². The van der Waals surface area contributed by atoms with Gasteiger partial charge in [-0.3, -0.25) is 9.59 Å². The first-order valence-corrected chi connectivity index (χ1v) is 7.04. The van der Waals surface area contributed by atoms with Crippen molar-refractivity contribution in [2.24, 2.45) is 0 Å². The van der Waals surface area contributed by atoms with E-state index in [-0.39, 0.29) is 17.4 Å². The summed E-state index contributed by atoms with van der Waals surface area (Å²) >= 11 is 0. The molecule has 0 saturated carbocycles. The number of pyridine rings is 1. The minimum absolute atomic E-state index is 0.126. The number of nitrogens with one attached hydrogen (secondary N) is 1. The third kappa shape index (κ3) is 2.90. The third-order valence-corrected chi connectivity index (χ3v) is 3.55. The van der Waals surface area contributed by atoms with Crippen LogP contribution in [0.5, 0.6) is 0 Å². The molecule has 1 N–H and O–H groups in total. The number of hydrogen-bond donors (Lipinski definition) is 1. The van der Waals surface area contributed by atoms with Gasteiger partial charge in [0, 0.05) is 30.4 Å². The highest BCUT2D eigenvalue weighted by molar-refractivity contribution is 6.04. The standard InChI is InChI=1S/C16H15N3O3/c20-15-4-2-10-19(15)14-7-5-13(6-8-14)17-16(21)12-3-1-9-18(22)11-12/h1,3,5-9,11H,2,4,10H2,(H,17,21). The van der Waals surface area contributed by atoms with Crippen LogP contribution in [-0.4, -0.2) is 18.4 Å². The maximum absolute atomic E-state index is 12.0. The summed E-state index contributed by atoms with van der Waals surface area (Å²) in [6, 6.07) is 10.2. The van der Waals surface area contributed by atoms with Crippen LogP contribution in [-0.2, 0) is 4.79 Å². The molecule has 2 amide bonds. The molecule has 6 nitrogen and oxygen atoms in total. The van der Waals surface area contributed by atoms with Crippen LogP contribution >= 0.6 is 0 Å². The van der Waals surface area contributed by atoms with Gasteiger partial charge in [-0.2, -0.15) is 4.73 Å². The molecule has 3 rings (SSSR count). The van der Waals surface area contributed by atoms with Gasteiger partial charge in [0.05, 0.1) is 0 Å². The Hall–Kier alpha value is -2.89. The van der Waals surface area contributed by atoms with E-state index in [1.165, 1.54) is 18.5 Å². The van der Waals surface area contributed by atoms with E-state index in [4.69, 9.17) is 0 Å². The summed E-state index contributed by atoms with van der Waals surface area (Å²) in [5.74, 6) is -0.226. The monoisotopic (exact) mass is 297 g/mol. The minimum atomic E-state index is -0.352. The molecule has 0 atom stereocenters. The fourth-order valence-electron chi connectivity index (χ4n) is 2.44. The molecule has 1 fully saturated rings. The molecule has 0 aliphatic carbocycles. The molecule has 1 aromatic carbocycles. The molecule has 0 bridgehead atoms. The highest BCUT2D eigenvalue weighted by Gasteiger charge is 2.21. The quantitative estimate of drug-likeness (QED) is 0.692. The SMILES string of the molecule is O=C(Nc1ccc(N2CCCC2=O)cc1)c1ccc[n+]([O-])c1. The second kappa shape index (κ2) is 5.85. The van der Waals surface area contributed by atoms with Crippen LogP contribution in [0.15, 0.2) is 48.8 Å². The second-order valence-electron chi connectivity index (χ2n) is 5.10. The Morgan fingerprint density at radius 1 is 1.23 bits per heavy atom. The summed E-state index contributed by atoms with van der Waals surface area (Å²) in [5, 5.41) is 13.9. The highest BCUT2D eigenvalue weighted by Crippen LogP contribution is 2.23. The van der Waals surface area contributed by atoms with Gasteiger partial charge in [-0.15, -0.1) is 0 Å². The number of anilines is 2. The summed E-state index contributed by atoms with van der Waals surface area (Å²) in [6.45, 7) is 0.734. The lowest BCUT2D eigenvalue weighted by Crippen LogP contribution is -2.27. The zero-order chi connectivity index (χ0) is 15.5. The number of hydrogen-bond acceptors (Lipinski definition) is 3. The van der Waals surface area contributed by atoms with Crippen LogP contribution in [0.3, 0.4) is 0 Å². The van der Waals surface area contributed by atoms with Crippen LogP contribution in [0.25, 0.3) is 0 Å². The summed E-state index contributed by atoms with van der Waals surface area (Å²) in [7, 11) is 0. The summed E-state index contributed by atoms with van der Waals surface area (Å²) in [6.07, 6.45) is 3.99. The molecule has 112 valence electrons. The van der Waals surface area contributed by atoms with Crippen molar-refractivity contribution >= 4 is 23.2 Å². The van der Waals surface area contributed by atoms with Gasteiger partial charge in [0.25, 0.3) is 5.91 Å². The first-order valence-electron chi connectivity index (χ1n) is 7.04. The Bertz CT molecular complexity index is 713. The Morgan fingerprint density at radius 3 is 2.64 bits per heavy atom. The van der Waals surface area contributed by atoms with E-state index in [2.05, 4.69) is 5.32 Å². The van der Waals surface area contributed by atoms with Crippen LogP contribution in [0.1, 0.15) is 23.2 Å². The smallest absolute Gasteiger partial charge is 0.261 e. The maximum atomic E-state index is 12.0. The summed E-state index contributed by atoms with van der Waals surface area (Å²) < 4.78 is 0.580. The Kier molecular flexibility index (Phi) is 3.74. The van der Waals surface area contributed by atoms with Gasteiger partial charge < -0.3 is 15.4 Å². The average Bonchev–Trinajstić information content (AvgIpc) is 2.94. The molecule has 0 radical (unpaired) electrons. The van der Waals surface area contributed by atoms with E-state index in [9.17, 15) is 14.8 Å².